The molecule has 9 heteroatoms. The van der Waals surface area contributed by atoms with Crippen molar-refractivity contribution in [2.75, 3.05) is 20.3 Å². The van der Waals surface area contributed by atoms with Crippen LogP contribution in [-0.2, 0) is 16.1 Å². The maximum Gasteiger partial charge on any atom is 0.338 e. The number of esters is 1. The normalized spacial score (nSPS) is 14.6. The molecule has 3 aromatic carbocycles. The molecule has 0 radical (unpaired) electrons. The van der Waals surface area contributed by atoms with Crippen molar-refractivity contribution in [3.63, 3.8) is 0 Å². The molecule has 1 aliphatic rings. The van der Waals surface area contributed by atoms with E-state index < -0.39 is 12.0 Å². The summed E-state index contributed by atoms with van der Waals surface area (Å²) >= 11 is 1.27. The first-order valence-corrected chi connectivity index (χ1v) is 15.8. The molecule has 0 bridgehead atoms. The lowest BCUT2D eigenvalue weighted by molar-refractivity contribution is -0.139. The van der Waals surface area contributed by atoms with Crippen LogP contribution < -0.4 is 29.1 Å². The number of aromatic nitrogens is 1. The maximum absolute atomic E-state index is 14.1. The number of para-hydroxylation sites is 1. The number of thiazole rings is 1. The average molecular weight is 627 g/mol. The number of hydrogen-bond acceptors (Lipinski definition) is 8. The van der Waals surface area contributed by atoms with E-state index in [1.54, 1.807) is 31.6 Å². The zero-order valence-corrected chi connectivity index (χ0v) is 27.5. The minimum Gasteiger partial charge on any atom is -0.493 e. The Hall–Kier alpha value is -4.63. The van der Waals surface area contributed by atoms with Crippen LogP contribution in [-0.4, -0.2) is 30.9 Å². The summed E-state index contributed by atoms with van der Waals surface area (Å²) in [6.45, 7) is 12.7. The molecule has 0 saturated heterocycles. The summed E-state index contributed by atoms with van der Waals surface area (Å²) in [5, 5.41) is 0. The Labute approximate surface area is 266 Å². The lowest BCUT2D eigenvalue weighted by Crippen LogP contribution is -2.40. The van der Waals surface area contributed by atoms with Gasteiger partial charge >= 0.3 is 5.97 Å². The molecule has 1 atom stereocenters. The summed E-state index contributed by atoms with van der Waals surface area (Å²) in [6, 6.07) is 16.6. The topological polar surface area (TPSA) is 88.4 Å². The summed E-state index contributed by atoms with van der Waals surface area (Å²) in [4.78, 5) is 32.6. The van der Waals surface area contributed by atoms with Gasteiger partial charge in [-0.15, -0.1) is 0 Å². The number of ether oxygens (including phenoxy) is 4. The molecule has 0 saturated carbocycles. The van der Waals surface area contributed by atoms with E-state index in [0.29, 0.717) is 45.3 Å². The van der Waals surface area contributed by atoms with Gasteiger partial charge in [-0.05, 0) is 88.1 Å². The van der Waals surface area contributed by atoms with Gasteiger partial charge in [-0.1, -0.05) is 53.3 Å². The second kappa shape index (κ2) is 13.6. The number of nitrogens with zero attached hydrogens (tertiary/aromatic N) is 2. The van der Waals surface area contributed by atoms with Gasteiger partial charge in [-0.2, -0.15) is 0 Å². The van der Waals surface area contributed by atoms with Crippen LogP contribution in [0.1, 0.15) is 60.2 Å². The molecule has 0 N–H and O–H groups in total. The van der Waals surface area contributed by atoms with Crippen LogP contribution in [0.4, 0.5) is 0 Å². The van der Waals surface area contributed by atoms with Crippen molar-refractivity contribution >= 4 is 23.4 Å². The van der Waals surface area contributed by atoms with Crippen molar-refractivity contribution in [3.05, 3.63) is 119 Å². The Balaban J connectivity index is 1.54. The van der Waals surface area contributed by atoms with Gasteiger partial charge in [-0.3, -0.25) is 9.36 Å². The quantitative estimate of drug-likeness (QED) is 0.210. The zero-order chi connectivity index (χ0) is 32.2. The number of aryl methyl sites for hydroxylation is 3. The monoisotopic (exact) mass is 626 g/mol. The number of fused-ring (bicyclic) bond motifs is 1. The first-order chi connectivity index (χ1) is 21.7. The number of allylic oxidation sites excluding steroid dienone is 1. The molecule has 45 heavy (non-hydrogen) atoms. The Morgan fingerprint density at radius 2 is 1.69 bits per heavy atom. The molecule has 2 heterocycles. The van der Waals surface area contributed by atoms with Crippen molar-refractivity contribution in [3.8, 4) is 17.2 Å². The van der Waals surface area contributed by atoms with E-state index in [-0.39, 0.29) is 17.7 Å². The van der Waals surface area contributed by atoms with Crippen LogP contribution in [0, 0.1) is 20.8 Å². The highest BCUT2D eigenvalue weighted by atomic mass is 32.1. The fourth-order valence-electron chi connectivity index (χ4n) is 5.70. The molecule has 5 rings (SSSR count). The number of methoxy groups -OCH3 is 1. The summed E-state index contributed by atoms with van der Waals surface area (Å²) < 4.78 is 25.2. The van der Waals surface area contributed by atoms with Crippen LogP contribution in [0.3, 0.4) is 0 Å². The van der Waals surface area contributed by atoms with Gasteiger partial charge in [0.1, 0.15) is 18.4 Å². The largest absolute Gasteiger partial charge is 0.493 e. The Morgan fingerprint density at radius 1 is 0.978 bits per heavy atom. The average Bonchev–Trinajstić information content (AvgIpc) is 3.30. The third kappa shape index (κ3) is 6.44. The third-order valence-corrected chi connectivity index (χ3v) is 8.71. The molecule has 0 unspecified atom stereocenters. The van der Waals surface area contributed by atoms with Gasteiger partial charge in [0.2, 0.25) is 0 Å². The second-order valence-electron chi connectivity index (χ2n) is 10.8. The summed E-state index contributed by atoms with van der Waals surface area (Å²) in [5.74, 6) is 1.17. The molecule has 0 fully saturated rings. The van der Waals surface area contributed by atoms with E-state index in [4.69, 9.17) is 18.9 Å². The van der Waals surface area contributed by atoms with Gasteiger partial charge in [0.15, 0.2) is 16.3 Å². The zero-order valence-electron chi connectivity index (χ0n) is 26.7. The first kappa shape index (κ1) is 31.8. The summed E-state index contributed by atoms with van der Waals surface area (Å²) in [5.41, 5.74) is 6.78. The van der Waals surface area contributed by atoms with Crippen LogP contribution in [0.15, 0.2) is 75.7 Å². The number of carbonyl (C=O) groups excluding carboxylic acids is 1. The standard InChI is InChI=1S/C36H38N2O6S/c1-8-42-33-27(11-10-12-29(33)41-7)32-31(35(40)43-9-2)24(6)37-36-38(32)34(39)30(45-36)19-25-13-15-26(16-14-25)44-20-28-22(4)17-21(3)18-23(28)5/h10-19,32H,8-9,20H2,1-7H3/b30-19+/t32-/m0/s1. The second-order valence-corrected chi connectivity index (χ2v) is 11.9. The Morgan fingerprint density at radius 3 is 2.33 bits per heavy atom. The van der Waals surface area contributed by atoms with Gasteiger partial charge < -0.3 is 18.9 Å². The molecule has 1 aliphatic heterocycles. The highest BCUT2D eigenvalue weighted by Crippen LogP contribution is 2.40. The molecule has 1 aromatic heterocycles. The van der Waals surface area contributed by atoms with Crippen molar-refractivity contribution < 1.29 is 23.7 Å². The van der Waals surface area contributed by atoms with Crippen molar-refractivity contribution in [1.29, 1.82) is 0 Å². The van der Waals surface area contributed by atoms with E-state index in [9.17, 15) is 9.59 Å². The molecule has 0 spiro atoms. The molecule has 4 aromatic rings. The molecule has 0 amide bonds. The fourth-order valence-corrected chi connectivity index (χ4v) is 6.74. The van der Waals surface area contributed by atoms with E-state index in [1.807, 2.05) is 49.4 Å². The maximum atomic E-state index is 14.1. The van der Waals surface area contributed by atoms with E-state index >= 15 is 0 Å². The fraction of sp³-hybridized carbons (Fsp3) is 0.306. The smallest absolute Gasteiger partial charge is 0.338 e. The molecular weight excluding hydrogens is 588 g/mol. The van der Waals surface area contributed by atoms with Gasteiger partial charge in [0.05, 0.1) is 36.1 Å². The number of rotatable bonds is 10. The highest BCUT2D eigenvalue weighted by molar-refractivity contribution is 7.07. The predicted molar refractivity (Wildman–Crippen MR) is 176 cm³/mol. The minimum absolute atomic E-state index is 0.188. The van der Waals surface area contributed by atoms with E-state index in [2.05, 4.69) is 37.9 Å². The van der Waals surface area contributed by atoms with Crippen molar-refractivity contribution in [2.24, 2.45) is 4.99 Å². The third-order valence-electron chi connectivity index (χ3n) is 7.73. The molecule has 8 nitrogen and oxygen atoms in total. The van der Waals surface area contributed by atoms with E-state index in [1.165, 1.54) is 33.6 Å². The van der Waals surface area contributed by atoms with Crippen molar-refractivity contribution in [1.82, 2.24) is 4.57 Å². The highest BCUT2D eigenvalue weighted by Gasteiger charge is 2.36. The van der Waals surface area contributed by atoms with Crippen molar-refractivity contribution in [2.45, 2.75) is 54.2 Å². The van der Waals surface area contributed by atoms with Gasteiger partial charge in [0, 0.05) is 5.56 Å². The minimum atomic E-state index is -0.816. The molecule has 0 aliphatic carbocycles. The predicted octanol–water partition coefficient (Wildman–Crippen LogP) is 5.71. The Kier molecular flexibility index (Phi) is 9.58. The number of hydrogen-bond donors (Lipinski definition) is 0. The van der Waals surface area contributed by atoms with Gasteiger partial charge in [-0.25, -0.2) is 9.79 Å². The van der Waals surface area contributed by atoms with Crippen LogP contribution in [0.2, 0.25) is 0 Å². The lowest BCUT2D eigenvalue weighted by atomic mass is 9.94. The first-order valence-electron chi connectivity index (χ1n) is 15.0. The number of benzene rings is 3. The SMILES string of the molecule is CCOC(=O)C1=C(C)N=c2s/c(=C/c3ccc(OCc4c(C)cc(C)cc4C)cc3)c(=O)n2[C@H]1c1cccc(OC)c1OCC. The van der Waals surface area contributed by atoms with Crippen LogP contribution >= 0.6 is 11.3 Å². The summed E-state index contributed by atoms with van der Waals surface area (Å²) in [7, 11) is 1.56. The number of carbonyl (C=O) groups is 1. The van der Waals surface area contributed by atoms with E-state index in [0.717, 1.165) is 11.3 Å². The summed E-state index contributed by atoms with van der Waals surface area (Å²) in [6.07, 6.45) is 1.83. The Bertz CT molecular complexity index is 1930. The molecular formula is C36H38N2O6S. The van der Waals surface area contributed by atoms with Gasteiger partial charge in [0.25, 0.3) is 5.56 Å². The van der Waals surface area contributed by atoms with Crippen LogP contribution in [0.25, 0.3) is 6.08 Å². The molecule has 234 valence electrons. The lowest BCUT2D eigenvalue weighted by Gasteiger charge is -2.26. The van der Waals surface area contributed by atoms with Crippen LogP contribution in [0.5, 0.6) is 17.2 Å².